The summed E-state index contributed by atoms with van der Waals surface area (Å²) in [5.41, 5.74) is 1.82. The quantitative estimate of drug-likeness (QED) is 0.754. The highest BCUT2D eigenvalue weighted by atomic mass is 35.5. The van der Waals surface area contributed by atoms with Gasteiger partial charge in [-0.15, -0.1) is 12.4 Å². The molecule has 2 rings (SSSR count). The maximum Gasteiger partial charge on any atom is 0.227 e. The molecule has 1 amide bonds. The fourth-order valence-corrected chi connectivity index (χ4v) is 2.21. The molecular weight excluding hydrogens is 304 g/mol. The van der Waals surface area contributed by atoms with Crippen LogP contribution in [0.2, 0.25) is 0 Å². The number of halogens is 1. The Morgan fingerprint density at radius 1 is 1.41 bits per heavy atom. The summed E-state index contributed by atoms with van der Waals surface area (Å²) in [6, 6.07) is 5.79. The van der Waals surface area contributed by atoms with Crippen LogP contribution in [0.15, 0.2) is 18.2 Å². The third kappa shape index (κ3) is 4.87. The molecule has 1 aliphatic rings. The van der Waals surface area contributed by atoms with Crippen molar-refractivity contribution < 1.29 is 14.3 Å². The minimum Gasteiger partial charge on any atom is -0.489 e. The third-order valence-corrected chi connectivity index (χ3v) is 3.87. The van der Waals surface area contributed by atoms with E-state index >= 15 is 0 Å². The number of methoxy groups -OCH3 is 1. The Morgan fingerprint density at radius 2 is 2.14 bits per heavy atom. The molecule has 1 heterocycles. The van der Waals surface area contributed by atoms with Crippen LogP contribution in [0.4, 0.5) is 5.69 Å². The molecule has 0 bridgehead atoms. The Morgan fingerprint density at radius 3 is 2.73 bits per heavy atom. The zero-order chi connectivity index (χ0) is 15.2. The topological polar surface area (TPSA) is 59.6 Å². The first-order valence-electron chi connectivity index (χ1n) is 7.35. The molecule has 1 unspecified atom stereocenters. The normalized spacial score (nSPS) is 15.4. The average Bonchev–Trinajstić information content (AvgIpc) is 2.40. The standard InChI is InChI=1S/C16H24N2O3.ClH/c1-11-4-5-14(15(8-11)21-7-6-20-3)18-16(19)12(2)13-9-17-10-13;/h4-5,8,12-13,17H,6-7,9-10H2,1-3H3,(H,18,19);1H. The van der Waals surface area contributed by atoms with Crippen LogP contribution in [0.3, 0.4) is 0 Å². The minimum atomic E-state index is -0.000576. The molecule has 6 heteroatoms. The van der Waals surface area contributed by atoms with E-state index in [1.54, 1.807) is 7.11 Å². The van der Waals surface area contributed by atoms with Crippen LogP contribution in [-0.4, -0.2) is 39.3 Å². The Kier molecular flexibility index (Phi) is 7.65. The second-order valence-corrected chi connectivity index (χ2v) is 5.54. The molecule has 0 aliphatic carbocycles. The van der Waals surface area contributed by atoms with Gasteiger partial charge >= 0.3 is 0 Å². The van der Waals surface area contributed by atoms with E-state index in [1.165, 1.54) is 0 Å². The fourth-order valence-electron chi connectivity index (χ4n) is 2.21. The van der Waals surface area contributed by atoms with Crippen LogP contribution in [0.25, 0.3) is 0 Å². The Balaban J connectivity index is 0.00000242. The smallest absolute Gasteiger partial charge is 0.227 e. The molecule has 1 aliphatic heterocycles. The maximum atomic E-state index is 12.3. The fraction of sp³-hybridized carbons (Fsp3) is 0.562. The van der Waals surface area contributed by atoms with Crippen molar-refractivity contribution in [3.63, 3.8) is 0 Å². The van der Waals surface area contributed by atoms with Crippen molar-refractivity contribution in [3.8, 4) is 5.75 Å². The van der Waals surface area contributed by atoms with E-state index in [0.29, 0.717) is 24.9 Å². The lowest BCUT2D eigenvalue weighted by Gasteiger charge is -2.31. The lowest BCUT2D eigenvalue weighted by atomic mass is 9.88. The van der Waals surface area contributed by atoms with E-state index in [9.17, 15) is 4.79 Å². The first kappa shape index (κ1) is 18.7. The van der Waals surface area contributed by atoms with E-state index in [2.05, 4.69) is 10.6 Å². The second-order valence-electron chi connectivity index (χ2n) is 5.54. The zero-order valence-corrected chi connectivity index (χ0v) is 14.2. The highest BCUT2D eigenvalue weighted by Gasteiger charge is 2.29. The summed E-state index contributed by atoms with van der Waals surface area (Å²) in [5, 5.41) is 6.18. The Hall–Kier alpha value is -1.30. The summed E-state index contributed by atoms with van der Waals surface area (Å²) in [7, 11) is 1.64. The van der Waals surface area contributed by atoms with Crippen LogP contribution in [0.5, 0.6) is 5.75 Å². The molecule has 0 aromatic heterocycles. The zero-order valence-electron chi connectivity index (χ0n) is 13.3. The first-order chi connectivity index (χ1) is 10.1. The van der Waals surface area contributed by atoms with Gasteiger partial charge in [-0.1, -0.05) is 13.0 Å². The molecule has 0 saturated carbocycles. The summed E-state index contributed by atoms with van der Waals surface area (Å²) in [6.45, 7) is 6.79. The van der Waals surface area contributed by atoms with Gasteiger partial charge in [0.2, 0.25) is 5.91 Å². The van der Waals surface area contributed by atoms with Gasteiger partial charge in [0.1, 0.15) is 12.4 Å². The van der Waals surface area contributed by atoms with Crippen molar-refractivity contribution in [1.29, 1.82) is 0 Å². The van der Waals surface area contributed by atoms with Gasteiger partial charge in [0.25, 0.3) is 0 Å². The summed E-state index contributed by atoms with van der Waals surface area (Å²) in [6.07, 6.45) is 0. The average molecular weight is 329 g/mol. The first-order valence-corrected chi connectivity index (χ1v) is 7.35. The van der Waals surface area contributed by atoms with Crippen molar-refractivity contribution in [2.45, 2.75) is 13.8 Å². The van der Waals surface area contributed by atoms with Crippen molar-refractivity contribution in [1.82, 2.24) is 5.32 Å². The molecule has 1 aromatic rings. The second kappa shape index (κ2) is 8.98. The molecule has 1 saturated heterocycles. The predicted octanol–water partition coefficient (Wildman–Crippen LogP) is 2.24. The monoisotopic (exact) mass is 328 g/mol. The van der Waals surface area contributed by atoms with Crippen LogP contribution in [-0.2, 0) is 9.53 Å². The van der Waals surface area contributed by atoms with E-state index in [4.69, 9.17) is 9.47 Å². The molecule has 22 heavy (non-hydrogen) atoms. The molecule has 5 nitrogen and oxygen atoms in total. The number of rotatable bonds is 7. The number of hydrogen-bond donors (Lipinski definition) is 2. The molecule has 0 spiro atoms. The Labute approximate surface area is 138 Å². The van der Waals surface area contributed by atoms with E-state index in [1.807, 2.05) is 32.0 Å². The number of carbonyl (C=O) groups is 1. The number of carbonyl (C=O) groups excluding carboxylic acids is 1. The predicted molar refractivity (Wildman–Crippen MR) is 90.0 cm³/mol. The van der Waals surface area contributed by atoms with Gasteiger partial charge < -0.3 is 20.1 Å². The SMILES string of the molecule is COCCOc1cc(C)ccc1NC(=O)C(C)C1CNC1.Cl. The third-order valence-electron chi connectivity index (χ3n) is 3.87. The summed E-state index contributed by atoms with van der Waals surface area (Å²) in [5.74, 6) is 1.16. The number of ether oxygens (including phenoxy) is 2. The molecule has 0 radical (unpaired) electrons. The molecule has 1 fully saturated rings. The highest BCUT2D eigenvalue weighted by molar-refractivity contribution is 5.94. The van der Waals surface area contributed by atoms with Gasteiger partial charge in [-0.25, -0.2) is 0 Å². The highest BCUT2D eigenvalue weighted by Crippen LogP contribution is 2.27. The molecular formula is C16H25ClN2O3. The summed E-state index contributed by atoms with van der Waals surface area (Å²) < 4.78 is 10.7. The van der Waals surface area contributed by atoms with Gasteiger partial charge in [0.05, 0.1) is 12.3 Å². The van der Waals surface area contributed by atoms with E-state index < -0.39 is 0 Å². The number of anilines is 1. The number of benzene rings is 1. The lowest BCUT2D eigenvalue weighted by Crippen LogP contribution is -2.48. The number of amides is 1. The number of hydrogen-bond acceptors (Lipinski definition) is 4. The minimum absolute atomic E-state index is 0. The molecule has 2 N–H and O–H groups in total. The summed E-state index contributed by atoms with van der Waals surface area (Å²) >= 11 is 0. The van der Waals surface area contributed by atoms with Crippen molar-refractivity contribution in [3.05, 3.63) is 23.8 Å². The van der Waals surface area contributed by atoms with Crippen LogP contribution in [0.1, 0.15) is 12.5 Å². The van der Waals surface area contributed by atoms with Gasteiger partial charge in [0, 0.05) is 13.0 Å². The molecule has 124 valence electrons. The molecule has 1 atom stereocenters. The van der Waals surface area contributed by atoms with Crippen molar-refractivity contribution >= 4 is 24.0 Å². The van der Waals surface area contributed by atoms with E-state index in [0.717, 1.165) is 24.3 Å². The van der Waals surface area contributed by atoms with Gasteiger partial charge in [-0.05, 0) is 43.6 Å². The van der Waals surface area contributed by atoms with Gasteiger partial charge in [-0.2, -0.15) is 0 Å². The summed E-state index contributed by atoms with van der Waals surface area (Å²) in [4.78, 5) is 12.3. The van der Waals surface area contributed by atoms with Crippen LogP contribution >= 0.6 is 12.4 Å². The number of nitrogens with one attached hydrogen (secondary N) is 2. The Bertz CT molecular complexity index is 492. The van der Waals surface area contributed by atoms with Crippen molar-refractivity contribution in [2.24, 2.45) is 11.8 Å². The van der Waals surface area contributed by atoms with Crippen molar-refractivity contribution in [2.75, 3.05) is 38.7 Å². The number of aryl methyl sites for hydroxylation is 1. The maximum absolute atomic E-state index is 12.3. The van der Waals surface area contributed by atoms with Gasteiger partial charge in [-0.3, -0.25) is 4.79 Å². The van der Waals surface area contributed by atoms with Crippen LogP contribution in [0, 0.1) is 18.8 Å². The lowest BCUT2D eigenvalue weighted by molar-refractivity contribution is -0.121. The van der Waals surface area contributed by atoms with E-state index in [-0.39, 0.29) is 24.2 Å². The molecule has 1 aromatic carbocycles. The van der Waals surface area contributed by atoms with Crippen LogP contribution < -0.4 is 15.4 Å². The van der Waals surface area contributed by atoms with Gasteiger partial charge in [0.15, 0.2) is 0 Å². The largest absolute Gasteiger partial charge is 0.489 e.